The molecule has 25 heteroatoms. The molecule has 3 aromatic carbocycles. The number of hydrogen-bond acceptors (Lipinski definition) is 18. The molecule has 0 bridgehead atoms. The molecule has 0 radical (unpaired) electrons. The molecule has 1 spiro atoms. The molecule has 7 aliphatic heterocycles. The highest BCUT2D eigenvalue weighted by molar-refractivity contribution is 7.90. The van der Waals surface area contributed by atoms with Crippen LogP contribution in [0.25, 0.3) is 11.0 Å². The Kier molecular flexibility index (Phi) is 15.4. The first-order valence-electron chi connectivity index (χ1n) is 30.7. The van der Waals surface area contributed by atoms with Crippen LogP contribution in [0.2, 0.25) is 0 Å². The highest BCUT2D eigenvalue weighted by Crippen LogP contribution is 2.54. The number of nitro groups is 1. The zero-order valence-corrected chi connectivity index (χ0v) is 50.0. The number of morpholine rings is 1. The number of hydrogen-bond donors (Lipinski definition) is 3. The van der Waals surface area contributed by atoms with Gasteiger partial charge in [0.1, 0.15) is 29.9 Å². The van der Waals surface area contributed by atoms with Gasteiger partial charge in [-0.15, -0.1) is 0 Å². The second-order valence-electron chi connectivity index (χ2n) is 25.1. The molecule has 6 fully saturated rings. The van der Waals surface area contributed by atoms with Gasteiger partial charge in [-0.2, -0.15) is 18.2 Å². The fourth-order valence-electron chi connectivity index (χ4n) is 15.0. The quantitative estimate of drug-likeness (QED) is 0.0767. The van der Waals surface area contributed by atoms with Crippen LogP contribution in [-0.4, -0.2) is 160 Å². The van der Waals surface area contributed by atoms with E-state index in [-0.39, 0.29) is 71.5 Å². The van der Waals surface area contributed by atoms with E-state index in [4.69, 9.17) is 28.7 Å². The Bertz CT molecular complexity index is 3760. The number of aromatic amines is 1. The zero-order chi connectivity index (χ0) is 60.6. The summed E-state index contributed by atoms with van der Waals surface area (Å²) in [6.07, 6.45) is 4.21. The van der Waals surface area contributed by atoms with Crippen LogP contribution in [0.15, 0.2) is 90.1 Å². The number of piperazine rings is 1. The Hall–Kier alpha value is -7.29. The minimum atomic E-state index is -4.75. The third-order valence-corrected chi connectivity index (χ3v) is 21.1. The van der Waals surface area contributed by atoms with Crippen molar-refractivity contribution >= 4 is 61.2 Å². The number of fused-ring (bicyclic) bond motifs is 4. The summed E-state index contributed by atoms with van der Waals surface area (Å²) in [4.78, 5) is 49.9. The SMILES string of the molecule is Cc1ccccc1[C@@H]1CN(Cc2cnc(N3CCOC[C@@H]3C)c(C(F)(F)F)c2)CCN1C1CC2(CCN(c3ccc(C(=O)NS(=O)(=O)c4cc5c(c([N+](=O)[O-])c4)N[C@H](C4CCOCC4)CO5)c(N4c5cc6cc[nH]c6nc5O[C@H]5COCC[C@@H]54)c3)CC2)C1. The number of benzene rings is 3. The first-order valence-corrected chi connectivity index (χ1v) is 32.2. The third kappa shape index (κ3) is 11.1. The summed E-state index contributed by atoms with van der Waals surface area (Å²) in [5.74, 6) is -0.510. The lowest BCUT2D eigenvalue weighted by Crippen LogP contribution is -2.59. The predicted molar refractivity (Wildman–Crippen MR) is 322 cm³/mol. The van der Waals surface area contributed by atoms with Crippen LogP contribution in [0.4, 0.5) is 47.4 Å². The van der Waals surface area contributed by atoms with Gasteiger partial charge in [-0.05, 0) is 123 Å². The van der Waals surface area contributed by atoms with Gasteiger partial charge in [-0.1, -0.05) is 24.3 Å². The summed E-state index contributed by atoms with van der Waals surface area (Å²) in [7, 11) is -4.75. The van der Waals surface area contributed by atoms with Crippen LogP contribution in [-0.2, 0) is 37.0 Å². The molecule has 5 atom stereocenters. The molecule has 0 unspecified atom stereocenters. The highest BCUT2D eigenvalue weighted by Gasteiger charge is 2.51. The van der Waals surface area contributed by atoms with Crippen LogP contribution in [0.3, 0.4) is 0 Å². The number of anilines is 5. The molecule has 3 N–H and O–H groups in total. The first-order chi connectivity index (χ1) is 42.5. The van der Waals surface area contributed by atoms with E-state index in [2.05, 4.69) is 59.8 Å². The molecule has 1 aliphatic carbocycles. The number of pyridine rings is 2. The van der Waals surface area contributed by atoms with Gasteiger partial charge in [-0.25, -0.2) is 18.1 Å². The summed E-state index contributed by atoms with van der Waals surface area (Å²) in [5.41, 5.74) is 4.45. The second kappa shape index (κ2) is 23.3. The number of piperidine rings is 1. The van der Waals surface area contributed by atoms with E-state index < -0.39 is 49.3 Å². The lowest BCUT2D eigenvalue weighted by molar-refractivity contribution is -0.384. The minimum absolute atomic E-state index is 0.00142. The molecule has 3 aromatic heterocycles. The molecule has 6 aromatic rings. The van der Waals surface area contributed by atoms with E-state index in [0.29, 0.717) is 100 Å². The van der Waals surface area contributed by atoms with Crippen molar-refractivity contribution in [3.63, 3.8) is 0 Å². The standard InChI is InChI=1S/C63H72F3N11O10S/c1-38-5-3-4-6-46(38)54-34-72(33-40-25-48(63(64,65)66)59(68-32-40)74-20-24-85-35-39(74)2)18-19-75(54)44-30-62(31-44)13-16-73(17-14-62)43-7-8-47(51(27-43)76-50-12-23-84-37-56(50)87-61-53(76)26-42-9-15-67-58(42)70-61)60(78)71-88(81,82)45-28-52(77(79)80)57-55(29-45)86-36-49(69-57)41-10-21-83-22-11-41/h3-9,15,25-29,32,39,41,44,49-50,54,56,69H,10-14,16-24,30-31,33-37H2,1-2H3,(H,67,70)(H,71,78)/t39-,49-,50-,54-,56-/m0/s1. The van der Waals surface area contributed by atoms with Crippen LogP contribution >= 0.6 is 0 Å². The topological polar surface area (TPSA) is 222 Å². The van der Waals surface area contributed by atoms with E-state index in [1.807, 2.05) is 42.2 Å². The van der Waals surface area contributed by atoms with Crippen molar-refractivity contribution in [1.82, 2.24) is 29.5 Å². The van der Waals surface area contributed by atoms with Crippen LogP contribution in [0, 0.1) is 28.4 Å². The van der Waals surface area contributed by atoms with Gasteiger partial charge in [0.05, 0.1) is 64.6 Å². The molecule has 466 valence electrons. The van der Waals surface area contributed by atoms with Crippen molar-refractivity contribution in [2.75, 3.05) is 106 Å². The van der Waals surface area contributed by atoms with E-state index in [0.717, 1.165) is 75.3 Å². The summed E-state index contributed by atoms with van der Waals surface area (Å²) in [6.45, 7) is 10.9. The van der Waals surface area contributed by atoms with Gasteiger partial charge in [0.25, 0.3) is 21.6 Å². The Morgan fingerprint density at radius 2 is 1.69 bits per heavy atom. The molecule has 1 amide bonds. The number of nitro benzene ring substituents is 1. The molecule has 21 nitrogen and oxygen atoms in total. The number of rotatable bonds is 12. The van der Waals surface area contributed by atoms with Gasteiger partial charge in [-0.3, -0.25) is 24.7 Å². The highest BCUT2D eigenvalue weighted by atomic mass is 32.2. The fraction of sp³-hybridized carbons (Fsp3) is 0.508. The van der Waals surface area contributed by atoms with Crippen LogP contribution in [0.5, 0.6) is 11.6 Å². The Balaban J connectivity index is 0.713. The van der Waals surface area contributed by atoms with E-state index in [1.165, 1.54) is 23.3 Å². The number of ether oxygens (including phenoxy) is 5. The summed E-state index contributed by atoms with van der Waals surface area (Å²) in [6, 6.07) is 20.7. The maximum atomic E-state index is 14.9. The van der Waals surface area contributed by atoms with Crippen molar-refractivity contribution in [2.45, 2.75) is 113 Å². The number of amides is 1. The molecule has 14 rings (SSSR count). The van der Waals surface area contributed by atoms with Crippen molar-refractivity contribution < 1.29 is 55.0 Å². The van der Waals surface area contributed by atoms with Gasteiger partial charge < -0.3 is 48.7 Å². The van der Waals surface area contributed by atoms with Crippen LogP contribution in [0.1, 0.15) is 90.5 Å². The maximum absolute atomic E-state index is 14.9. The third-order valence-electron chi connectivity index (χ3n) is 19.8. The molecular weight excluding hydrogens is 1160 g/mol. The number of nitrogens with one attached hydrogen (secondary N) is 3. The lowest BCUT2D eigenvalue weighted by Gasteiger charge is -2.58. The smallest absolute Gasteiger partial charge is 0.419 e. The molecule has 88 heavy (non-hydrogen) atoms. The first kappa shape index (κ1) is 58.4. The Morgan fingerprint density at radius 1 is 0.898 bits per heavy atom. The molecule has 1 saturated carbocycles. The summed E-state index contributed by atoms with van der Waals surface area (Å²) >= 11 is 0. The monoisotopic (exact) mass is 1230 g/mol. The summed E-state index contributed by atoms with van der Waals surface area (Å²) < 4.78 is 105. The minimum Gasteiger partial charge on any atom is -0.489 e. The van der Waals surface area contributed by atoms with E-state index in [1.54, 1.807) is 23.4 Å². The van der Waals surface area contributed by atoms with Crippen molar-refractivity contribution in [1.29, 1.82) is 0 Å². The average molecular weight is 1230 g/mol. The fourth-order valence-corrected chi connectivity index (χ4v) is 16.0. The average Bonchev–Trinajstić information content (AvgIpc) is 0.989. The number of aromatic nitrogens is 3. The normalized spacial score (nSPS) is 24.6. The number of alkyl halides is 3. The molecule has 10 heterocycles. The number of aryl methyl sites for hydroxylation is 1. The van der Waals surface area contributed by atoms with E-state index in [9.17, 15) is 36.5 Å². The van der Waals surface area contributed by atoms with Gasteiger partial charge >= 0.3 is 6.18 Å². The molecular formula is C63H72F3N11O10S. The predicted octanol–water partition coefficient (Wildman–Crippen LogP) is 9.13. The number of sulfonamides is 1. The van der Waals surface area contributed by atoms with Crippen molar-refractivity contribution in [3.8, 4) is 11.6 Å². The van der Waals surface area contributed by atoms with Gasteiger partial charge in [0, 0.05) is 113 Å². The lowest BCUT2D eigenvalue weighted by atomic mass is 9.59. The van der Waals surface area contributed by atoms with Crippen LogP contribution < -0.4 is 34.2 Å². The van der Waals surface area contributed by atoms with Crippen molar-refractivity contribution in [3.05, 3.63) is 123 Å². The van der Waals surface area contributed by atoms with Crippen molar-refractivity contribution in [2.24, 2.45) is 11.3 Å². The Labute approximate surface area is 508 Å². The molecule has 5 saturated heterocycles. The number of H-pyrrole nitrogens is 1. The number of halogens is 3. The largest absolute Gasteiger partial charge is 0.489 e. The zero-order valence-electron chi connectivity index (χ0n) is 49.2. The number of carbonyl (C=O) groups is 1. The van der Waals surface area contributed by atoms with Gasteiger partial charge in [0.2, 0.25) is 5.88 Å². The number of nitrogens with zero attached hydrogens (tertiary/aromatic N) is 8. The Morgan fingerprint density at radius 3 is 2.48 bits per heavy atom. The van der Waals surface area contributed by atoms with E-state index >= 15 is 0 Å². The van der Waals surface area contributed by atoms with Gasteiger partial charge in [0.15, 0.2) is 11.4 Å². The molecule has 8 aliphatic rings. The number of carbonyl (C=O) groups excluding carboxylic acids is 1. The maximum Gasteiger partial charge on any atom is 0.419 e. The second-order valence-corrected chi connectivity index (χ2v) is 26.8. The summed E-state index contributed by atoms with van der Waals surface area (Å²) in [5, 5.41) is 16.7.